The first-order valence-corrected chi connectivity index (χ1v) is 6.12. The Morgan fingerprint density at radius 1 is 0.889 bits per heavy atom. The van der Waals surface area contributed by atoms with Crippen molar-refractivity contribution >= 4 is 27.8 Å². The van der Waals surface area contributed by atoms with Crippen LogP contribution in [0.5, 0.6) is 0 Å². The number of hydrogen-bond acceptors (Lipinski definition) is 6. The molecule has 0 aromatic carbocycles. The molecule has 0 aliphatic carbocycles. The van der Waals surface area contributed by atoms with E-state index in [-0.39, 0.29) is 42.0 Å². The van der Waals surface area contributed by atoms with Crippen molar-refractivity contribution in [3.8, 4) is 11.3 Å². The van der Waals surface area contributed by atoms with Gasteiger partial charge < -0.3 is 0 Å². The zero-order valence-corrected chi connectivity index (χ0v) is 11.0. The van der Waals surface area contributed by atoms with E-state index in [0.717, 1.165) is 0 Å². The van der Waals surface area contributed by atoms with Gasteiger partial charge in [0.1, 0.15) is 0 Å². The summed E-state index contributed by atoms with van der Waals surface area (Å²) in [5.41, 5.74) is 4.69. The second kappa shape index (κ2) is 15.9. The van der Waals surface area contributed by atoms with E-state index >= 15 is 0 Å². The average molecular weight is 294 g/mol. The van der Waals surface area contributed by atoms with Crippen LogP contribution in [0.25, 0.3) is 0 Å². The van der Waals surface area contributed by atoms with Crippen molar-refractivity contribution in [2.24, 2.45) is 0 Å². The van der Waals surface area contributed by atoms with Crippen molar-refractivity contribution in [2.45, 2.75) is 0 Å². The predicted molar refractivity (Wildman–Crippen MR) is 64.0 cm³/mol. The number of aliphatic carboxylic acids is 2. The molecule has 0 spiro atoms. The van der Waals surface area contributed by atoms with Crippen molar-refractivity contribution in [3.05, 3.63) is 0 Å². The second-order valence-corrected chi connectivity index (χ2v) is 3.49. The quantitative estimate of drug-likeness (QED) is 0.392. The second-order valence-electron chi connectivity index (χ2n) is 2.49. The molecular formula is C8H12N2O6P2. The zero-order valence-electron chi connectivity index (χ0n) is 9.25. The molecule has 0 fully saturated rings. The van der Waals surface area contributed by atoms with Crippen LogP contribution in [-0.2, 0) is 18.7 Å². The molecule has 0 saturated heterocycles. The Bertz CT molecular complexity index is 410. The third kappa shape index (κ3) is 24.2. The monoisotopic (exact) mass is 294 g/mol. The molecule has 8 nitrogen and oxygen atoms in total. The summed E-state index contributed by atoms with van der Waals surface area (Å²) < 4.78 is 19.3. The number of carbonyl (C=O) groups is 2. The Labute approximate surface area is 105 Å². The Hall–Kier alpha value is -1.12. The van der Waals surface area contributed by atoms with Crippen molar-refractivity contribution in [2.75, 3.05) is 26.2 Å². The molecule has 0 rings (SSSR count). The van der Waals surface area contributed by atoms with Crippen LogP contribution in [0.3, 0.4) is 0 Å². The van der Waals surface area contributed by atoms with Gasteiger partial charge in [-0.05, 0) is 0 Å². The van der Waals surface area contributed by atoms with Crippen molar-refractivity contribution in [1.29, 1.82) is 0 Å². The van der Waals surface area contributed by atoms with Gasteiger partial charge in [0, 0.05) is 0 Å². The van der Waals surface area contributed by atoms with Gasteiger partial charge in [0.25, 0.3) is 0 Å². The molecule has 10 heteroatoms. The summed E-state index contributed by atoms with van der Waals surface area (Å²) in [5, 5.41) is 21.0. The SMILES string of the molecule is O=P#CCNCC(=O)O.O=P#CCNCC(=O)O. The van der Waals surface area contributed by atoms with E-state index in [1.54, 1.807) is 0 Å². The van der Waals surface area contributed by atoms with E-state index in [1.807, 2.05) is 0 Å². The van der Waals surface area contributed by atoms with Crippen LogP contribution in [-0.4, -0.2) is 48.3 Å². The Morgan fingerprint density at radius 2 is 1.22 bits per heavy atom. The number of carboxylic acid groups (broad SMARTS) is 2. The number of nitrogens with one attached hydrogen (secondary N) is 2. The van der Waals surface area contributed by atoms with Gasteiger partial charge >= 0.3 is 105 Å². The van der Waals surface area contributed by atoms with Crippen molar-refractivity contribution in [3.63, 3.8) is 0 Å². The Balaban J connectivity index is 0. The molecule has 0 amide bonds. The first-order valence-electron chi connectivity index (χ1n) is 4.50. The van der Waals surface area contributed by atoms with Gasteiger partial charge in [-0.3, -0.25) is 0 Å². The summed E-state index contributed by atoms with van der Waals surface area (Å²) >= 11 is 0. The standard InChI is InChI=1S/2C4H6NO3P/c2*6-4(7)3-5-1-2-9-8/h2*5H,1,3H2,(H,6,7). The van der Waals surface area contributed by atoms with E-state index in [2.05, 4.69) is 21.9 Å². The number of carboxylic acids is 2. The predicted octanol–water partition coefficient (Wildman–Crippen LogP) is -0.177. The fourth-order valence-corrected chi connectivity index (χ4v) is 0.868. The van der Waals surface area contributed by atoms with E-state index < -0.39 is 11.9 Å². The molecule has 100 valence electrons. The van der Waals surface area contributed by atoms with Crippen LogP contribution < -0.4 is 10.6 Å². The molecule has 0 aliphatic heterocycles. The van der Waals surface area contributed by atoms with E-state index in [4.69, 9.17) is 10.2 Å². The first-order chi connectivity index (χ1) is 8.54. The van der Waals surface area contributed by atoms with E-state index in [1.165, 1.54) is 0 Å². The van der Waals surface area contributed by atoms with Gasteiger partial charge in [-0.15, -0.1) is 0 Å². The number of hydrogen-bond donors (Lipinski definition) is 4. The maximum atomic E-state index is 9.79. The molecule has 18 heavy (non-hydrogen) atoms. The van der Waals surface area contributed by atoms with Gasteiger partial charge in [0.2, 0.25) is 0 Å². The Kier molecular flexibility index (Phi) is 17.0. The van der Waals surface area contributed by atoms with E-state index in [0.29, 0.717) is 0 Å². The van der Waals surface area contributed by atoms with Gasteiger partial charge in [-0.1, -0.05) is 0 Å². The molecule has 0 bridgehead atoms. The number of rotatable bonds is 6. The minimum atomic E-state index is -0.931. The van der Waals surface area contributed by atoms with Gasteiger partial charge in [0.15, 0.2) is 0 Å². The van der Waals surface area contributed by atoms with E-state index in [9.17, 15) is 18.7 Å². The van der Waals surface area contributed by atoms with Crippen LogP contribution in [0.4, 0.5) is 0 Å². The summed E-state index contributed by atoms with van der Waals surface area (Å²) in [6, 6.07) is 0. The third-order valence-corrected chi connectivity index (χ3v) is 1.66. The van der Waals surface area contributed by atoms with Crippen molar-refractivity contribution < 1.29 is 28.9 Å². The molecule has 0 aromatic heterocycles. The molecule has 4 N–H and O–H groups in total. The van der Waals surface area contributed by atoms with Crippen LogP contribution in [0.2, 0.25) is 0 Å². The van der Waals surface area contributed by atoms with Crippen molar-refractivity contribution in [1.82, 2.24) is 10.6 Å². The van der Waals surface area contributed by atoms with Crippen LogP contribution in [0, 0.1) is 11.3 Å². The van der Waals surface area contributed by atoms with Gasteiger partial charge in [-0.2, -0.15) is 0 Å². The molecule has 0 radical (unpaired) electrons. The molecule has 0 unspecified atom stereocenters. The minimum absolute atomic E-state index is 0.123. The van der Waals surface area contributed by atoms with Gasteiger partial charge in [0.05, 0.1) is 0 Å². The molecule has 0 heterocycles. The average Bonchev–Trinajstić information content (AvgIpc) is 2.31. The third-order valence-electron chi connectivity index (χ3n) is 1.09. The summed E-state index contributed by atoms with van der Waals surface area (Å²) in [6.45, 7) is 0.222. The van der Waals surface area contributed by atoms with Crippen LogP contribution >= 0.6 is 15.8 Å². The molecular weight excluding hydrogens is 282 g/mol. The molecule has 0 aromatic rings. The molecule has 0 saturated carbocycles. The zero-order chi connectivity index (χ0) is 14.2. The van der Waals surface area contributed by atoms with Crippen LogP contribution in [0.1, 0.15) is 0 Å². The maximum absolute atomic E-state index is 9.79. The normalized spacial score (nSPS) is 8.00. The summed E-state index contributed by atoms with van der Waals surface area (Å²) in [4.78, 5) is 19.6. The van der Waals surface area contributed by atoms with Gasteiger partial charge in [-0.25, -0.2) is 0 Å². The summed E-state index contributed by atoms with van der Waals surface area (Å²) in [7, 11) is -0.396. The molecule has 0 atom stereocenters. The summed E-state index contributed by atoms with van der Waals surface area (Å²) in [6.07, 6.45) is 0. The fourth-order valence-electron chi connectivity index (χ4n) is 0.515. The Morgan fingerprint density at radius 3 is 1.44 bits per heavy atom. The summed E-state index contributed by atoms with van der Waals surface area (Å²) in [5.74, 6) is -1.86. The topological polar surface area (TPSA) is 133 Å². The fraction of sp³-hybridized carbons (Fsp3) is 0.500. The first kappa shape index (κ1) is 19.2. The molecule has 0 aliphatic rings. The van der Waals surface area contributed by atoms with Crippen LogP contribution in [0.15, 0.2) is 0 Å².